The Bertz CT molecular complexity index is 153. The molecule has 0 amide bonds. The van der Waals surface area contributed by atoms with E-state index in [1.165, 1.54) is 38.5 Å². The van der Waals surface area contributed by atoms with Gasteiger partial charge in [0.05, 0.1) is 0 Å². The van der Waals surface area contributed by atoms with E-state index in [1.54, 1.807) is 0 Å². The van der Waals surface area contributed by atoms with Crippen LogP contribution in [0.5, 0.6) is 0 Å². The standard InChI is InChI=1S/C13H25Cl/c1-4-7-13(14)12-9-6-5-8-11(12)10(2)3/h10-13H,4-9H2,1-3H3. The van der Waals surface area contributed by atoms with Crippen LogP contribution in [0.1, 0.15) is 59.3 Å². The third-order valence-electron chi connectivity index (χ3n) is 3.76. The largest absolute Gasteiger partial charge is 0.123 e. The van der Waals surface area contributed by atoms with Gasteiger partial charge in [0.25, 0.3) is 0 Å². The van der Waals surface area contributed by atoms with Crippen LogP contribution in [0.15, 0.2) is 0 Å². The van der Waals surface area contributed by atoms with Gasteiger partial charge >= 0.3 is 0 Å². The molecule has 0 aliphatic heterocycles. The Kier molecular flexibility index (Phi) is 5.30. The van der Waals surface area contributed by atoms with Gasteiger partial charge in [-0.15, -0.1) is 11.6 Å². The summed E-state index contributed by atoms with van der Waals surface area (Å²) in [6.45, 7) is 6.96. The van der Waals surface area contributed by atoms with Crippen molar-refractivity contribution in [1.29, 1.82) is 0 Å². The maximum atomic E-state index is 6.50. The van der Waals surface area contributed by atoms with E-state index >= 15 is 0 Å². The van der Waals surface area contributed by atoms with Crippen molar-refractivity contribution < 1.29 is 0 Å². The van der Waals surface area contributed by atoms with Crippen molar-refractivity contribution in [2.45, 2.75) is 64.7 Å². The molecular weight excluding hydrogens is 192 g/mol. The third kappa shape index (κ3) is 3.15. The van der Waals surface area contributed by atoms with E-state index in [9.17, 15) is 0 Å². The second-order valence-electron chi connectivity index (χ2n) is 5.16. The van der Waals surface area contributed by atoms with Crippen LogP contribution in [0.25, 0.3) is 0 Å². The first-order valence-corrected chi connectivity index (χ1v) is 6.74. The summed E-state index contributed by atoms with van der Waals surface area (Å²) in [6.07, 6.45) is 8.05. The Morgan fingerprint density at radius 3 is 2.21 bits per heavy atom. The molecule has 0 N–H and O–H groups in total. The van der Waals surface area contributed by atoms with Crippen LogP contribution >= 0.6 is 11.6 Å². The summed E-state index contributed by atoms with van der Waals surface area (Å²) >= 11 is 6.50. The first-order chi connectivity index (χ1) is 6.66. The molecule has 1 aliphatic rings. The summed E-state index contributed by atoms with van der Waals surface area (Å²) in [5.41, 5.74) is 0. The van der Waals surface area contributed by atoms with Crippen molar-refractivity contribution in [2.75, 3.05) is 0 Å². The molecule has 0 heterocycles. The molecule has 3 unspecified atom stereocenters. The van der Waals surface area contributed by atoms with E-state index in [4.69, 9.17) is 11.6 Å². The molecule has 3 atom stereocenters. The summed E-state index contributed by atoms with van der Waals surface area (Å²) in [7, 11) is 0. The highest BCUT2D eigenvalue weighted by Gasteiger charge is 2.31. The molecule has 84 valence electrons. The van der Waals surface area contributed by atoms with Crippen LogP contribution in [-0.4, -0.2) is 5.38 Å². The quantitative estimate of drug-likeness (QED) is 0.589. The molecular formula is C13H25Cl. The number of rotatable bonds is 4. The second-order valence-corrected chi connectivity index (χ2v) is 5.72. The predicted molar refractivity (Wildman–Crippen MR) is 64.8 cm³/mol. The first kappa shape index (κ1) is 12.4. The van der Waals surface area contributed by atoms with Gasteiger partial charge in [0.15, 0.2) is 0 Å². The highest BCUT2D eigenvalue weighted by Crippen LogP contribution is 2.39. The molecule has 1 saturated carbocycles. The summed E-state index contributed by atoms with van der Waals surface area (Å²) in [4.78, 5) is 0. The fraction of sp³-hybridized carbons (Fsp3) is 1.00. The lowest BCUT2D eigenvalue weighted by atomic mass is 9.71. The zero-order chi connectivity index (χ0) is 10.6. The van der Waals surface area contributed by atoms with Gasteiger partial charge in [0.1, 0.15) is 0 Å². The minimum Gasteiger partial charge on any atom is -0.123 e. The summed E-state index contributed by atoms with van der Waals surface area (Å²) in [5, 5.41) is 0.438. The van der Waals surface area contributed by atoms with E-state index < -0.39 is 0 Å². The van der Waals surface area contributed by atoms with E-state index in [0.717, 1.165) is 17.8 Å². The molecule has 1 heteroatoms. The molecule has 0 aromatic heterocycles. The third-order valence-corrected chi connectivity index (χ3v) is 4.30. The first-order valence-electron chi connectivity index (χ1n) is 6.30. The molecule has 1 rings (SSSR count). The number of hydrogen-bond donors (Lipinski definition) is 0. The average Bonchev–Trinajstić information content (AvgIpc) is 2.18. The van der Waals surface area contributed by atoms with Gasteiger partial charge in [-0.2, -0.15) is 0 Å². The Morgan fingerprint density at radius 1 is 1.14 bits per heavy atom. The predicted octanol–water partition coefficient (Wildman–Crippen LogP) is 4.86. The van der Waals surface area contributed by atoms with Gasteiger partial charge < -0.3 is 0 Å². The fourth-order valence-electron chi connectivity index (χ4n) is 2.95. The molecule has 1 aliphatic carbocycles. The Morgan fingerprint density at radius 2 is 1.71 bits per heavy atom. The topological polar surface area (TPSA) is 0 Å². The van der Waals surface area contributed by atoms with Crippen LogP contribution in [0.4, 0.5) is 0 Å². The highest BCUT2D eigenvalue weighted by atomic mass is 35.5. The Hall–Kier alpha value is 0.290. The van der Waals surface area contributed by atoms with Crippen molar-refractivity contribution in [2.24, 2.45) is 17.8 Å². The van der Waals surface area contributed by atoms with Gasteiger partial charge in [-0.25, -0.2) is 0 Å². The lowest BCUT2D eigenvalue weighted by Crippen LogP contribution is -2.30. The van der Waals surface area contributed by atoms with Gasteiger partial charge in [0.2, 0.25) is 0 Å². The van der Waals surface area contributed by atoms with Crippen LogP contribution in [0.2, 0.25) is 0 Å². The van der Waals surface area contributed by atoms with E-state index in [-0.39, 0.29) is 0 Å². The maximum absolute atomic E-state index is 6.50. The zero-order valence-electron chi connectivity index (χ0n) is 9.93. The molecule has 0 spiro atoms. The lowest BCUT2D eigenvalue weighted by molar-refractivity contribution is 0.171. The van der Waals surface area contributed by atoms with Crippen LogP contribution in [-0.2, 0) is 0 Å². The molecule has 0 aromatic rings. The maximum Gasteiger partial charge on any atom is 0.0366 e. The highest BCUT2D eigenvalue weighted by molar-refractivity contribution is 6.20. The van der Waals surface area contributed by atoms with Crippen molar-refractivity contribution in [3.8, 4) is 0 Å². The number of alkyl halides is 1. The molecule has 1 fully saturated rings. The summed E-state index contributed by atoms with van der Waals surface area (Å²) in [6, 6.07) is 0. The van der Waals surface area contributed by atoms with Gasteiger partial charge in [-0.1, -0.05) is 40.0 Å². The molecule has 0 aromatic carbocycles. The van der Waals surface area contributed by atoms with Gasteiger partial charge in [-0.3, -0.25) is 0 Å². The SMILES string of the molecule is CCCC(Cl)C1CCCCC1C(C)C. The Labute approximate surface area is 94.4 Å². The van der Waals surface area contributed by atoms with Gasteiger partial charge in [-0.05, 0) is 37.0 Å². The second kappa shape index (κ2) is 6.00. The van der Waals surface area contributed by atoms with Crippen LogP contribution in [0, 0.1) is 17.8 Å². The molecule has 0 nitrogen and oxygen atoms in total. The van der Waals surface area contributed by atoms with Crippen molar-refractivity contribution in [3.05, 3.63) is 0 Å². The molecule has 14 heavy (non-hydrogen) atoms. The zero-order valence-corrected chi connectivity index (χ0v) is 10.7. The summed E-state index contributed by atoms with van der Waals surface area (Å²) < 4.78 is 0. The molecule has 0 bridgehead atoms. The van der Waals surface area contributed by atoms with E-state index in [1.807, 2.05) is 0 Å². The Balaban J connectivity index is 2.53. The van der Waals surface area contributed by atoms with E-state index in [0.29, 0.717) is 5.38 Å². The average molecular weight is 217 g/mol. The molecule has 0 saturated heterocycles. The number of hydrogen-bond acceptors (Lipinski definition) is 0. The normalized spacial score (nSPS) is 30.6. The van der Waals surface area contributed by atoms with Crippen molar-refractivity contribution >= 4 is 11.6 Å². The number of halogens is 1. The monoisotopic (exact) mass is 216 g/mol. The van der Waals surface area contributed by atoms with E-state index in [2.05, 4.69) is 20.8 Å². The van der Waals surface area contributed by atoms with Crippen LogP contribution < -0.4 is 0 Å². The van der Waals surface area contributed by atoms with Crippen LogP contribution in [0.3, 0.4) is 0 Å². The fourth-order valence-corrected chi connectivity index (χ4v) is 3.49. The van der Waals surface area contributed by atoms with Crippen molar-refractivity contribution in [3.63, 3.8) is 0 Å². The van der Waals surface area contributed by atoms with Crippen molar-refractivity contribution in [1.82, 2.24) is 0 Å². The van der Waals surface area contributed by atoms with Gasteiger partial charge in [0, 0.05) is 5.38 Å². The minimum atomic E-state index is 0.438. The lowest BCUT2D eigenvalue weighted by Gasteiger charge is -2.37. The smallest absolute Gasteiger partial charge is 0.0366 e. The summed E-state index contributed by atoms with van der Waals surface area (Å²) in [5.74, 6) is 2.50. The molecule has 0 radical (unpaired) electrons. The minimum absolute atomic E-state index is 0.438.